The number of urea groups is 1. The average molecular weight is 465 g/mol. The van der Waals surface area contributed by atoms with Crippen molar-refractivity contribution < 1.29 is 23.9 Å². The second-order valence-electron chi connectivity index (χ2n) is 7.63. The molecular weight excluding hydrogens is 436 g/mol. The number of nitrogens with zero attached hydrogens (tertiary/aromatic N) is 3. The van der Waals surface area contributed by atoms with Gasteiger partial charge in [-0.3, -0.25) is 14.6 Å². The van der Waals surface area contributed by atoms with Gasteiger partial charge in [0.1, 0.15) is 6.61 Å². The third kappa shape index (κ3) is 5.23. The van der Waals surface area contributed by atoms with Gasteiger partial charge in [0.15, 0.2) is 0 Å². The molecule has 1 aromatic carbocycles. The van der Waals surface area contributed by atoms with E-state index in [2.05, 4.69) is 10.2 Å². The summed E-state index contributed by atoms with van der Waals surface area (Å²) in [7, 11) is 3.13. The van der Waals surface area contributed by atoms with E-state index in [1.54, 1.807) is 37.1 Å². The maximum absolute atomic E-state index is 13.0. The van der Waals surface area contributed by atoms with Crippen LogP contribution in [0.4, 0.5) is 4.79 Å². The Morgan fingerprint density at radius 1 is 1.19 bits per heavy atom. The number of esters is 1. The molecule has 2 aliphatic heterocycles. The molecule has 2 aliphatic rings. The number of likely N-dealkylation sites (N-methyl/N-ethyl adjacent to an activating group) is 1. The standard InChI is InChI=1S/C22H29ClN4O5/c1-4-32-21(29)19-17(13-26-9-11-27(12-10-26)18(28)14-31-3)25(2)22(30)24-20(19)15-7-5-6-8-16(15)23/h5-8,20H,4,9-14H2,1-3H3,(H,24,30). The minimum Gasteiger partial charge on any atom is -0.463 e. The first-order valence-electron chi connectivity index (χ1n) is 10.5. The van der Waals surface area contributed by atoms with Gasteiger partial charge in [0.05, 0.1) is 18.2 Å². The highest BCUT2D eigenvalue weighted by molar-refractivity contribution is 6.31. The van der Waals surface area contributed by atoms with Crippen molar-refractivity contribution in [1.82, 2.24) is 20.0 Å². The third-order valence-corrected chi connectivity index (χ3v) is 6.00. The lowest BCUT2D eigenvalue weighted by molar-refractivity contribution is -0.139. The summed E-state index contributed by atoms with van der Waals surface area (Å²) in [5.74, 6) is -0.542. The van der Waals surface area contributed by atoms with Crippen molar-refractivity contribution in [2.45, 2.75) is 13.0 Å². The third-order valence-electron chi connectivity index (χ3n) is 5.65. The molecule has 1 saturated heterocycles. The first-order valence-corrected chi connectivity index (χ1v) is 10.9. The van der Waals surface area contributed by atoms with Gasteiger partial charge in [-0.15, -0.1) is 0 Å². The van der Waals surface area contributed by atoms with Crippen LogP contribution in [0.5, 0.6) is 0 Å². The minimum atomic E-state index is -0.717. The summed E-state index contributed by atoms with van der Waals surface area (Å²) in [4.78, 5) is 43.2. The number of nitrogens with one attached hydrogen (secondary N) is 1. The molecule has 1 atom stereocenters. The van der Waals surface area contributed by atoms with Crippen molar-refractivity contribution in [2.24, 2.45) is 0 Å². The molecule has 1 fully saturated rings. The Bertz CT molecular complexity index is 898. The van der Waals surface area contributed by atoms with E-state index < -0.39 is 12.0 Å². The van der Waals surface area contributed by atoms with Gasteiger partial charge in [-0.2, -0.15) is 0 Å². The first kappa shape index (κ1) is 24.0. The van der Waals surface area contributed by atoms with Gasteiger partial charge in [-0.25, -0.2) is 9.59 Å². The lowest BCUT2D eigenvalue weighted by atomic mass is 9.94. The van der Waals surface area contributed by atoms with Gasteiger partial charge >= 0.3 is 12.0 Å². The maximum Gasteiger partial charge on any atom is 0.338 e. The quantitative estimate of drug-likeness (QED) is 0.617. The molecule has 1 N–H and O–H groups in total. The number of amides is 3. The first-order chi connectivity index (χ1) is 15.4. The normalized spacial score (nSPS) is 19.8. The maximum atomic E-state index is 13.0. The van der Waals surface area contributed by atoms with Gasteiger partial charge < -0.3 is 19.7 Å². The van der Waals surface area contributed by atoms with Crippen molar-refractivity contribution in [3.63, 3.8) is 0 Å². The number of hydrogen-bond acceptors (Lipinski definition) is 6. The van der Waals surface area contributed by atoms with Crippen molar-refractivity contribution in [3.05, 3.63) is 46.1 Å². The van der Waals surface area contributed by atoms with E-state index in [9.17, 15) is 14.4 Å². The van der Waals surface area contributed by atoms with Gasteiger partial charge in [-0.05, 0) is 18.6 Å². The second-order valence-corrected chi connectivity index (χ2v) is 8.04. The second kappa shape index (κ2) is 10.8. The summed E-state index contributed by atoms with van der Waals surface area (Å²) in [6.07, 6.45) is 0. The fourth-order valence-corrected chi connectivity index (χ4v) is 4.17. The zero-order chi connectivity index (χ0) is 23.3. The summed E-state index contributed by atoms with van der Waals surface area (Å²) in [6.45, 7) is 4.70. The van der Waals surface area contributed by atoms with Crippen LogP contribution >= 0.6 is 11.6 Å². The highest BCUT2D eigenvalue weighted by Crippen LogP contribution is 2.34. The molecule has 174 valence electrons. The molecule has 1 aromatic rings. The number of ether oxygens (including phenoxy) is 2. The Morgan fingerprint density at radius 2 is 1.88 bits per heavy atom. The Morgan fingerprint density at radius 3 is 2.50 bits per heavy atom. The molecule has 1 unspecified atom stereocenters. The summed E-state index contributed by atoms with van der Waals surface area (Å²) in [6, 6.07) is 6.07. The van der Waals surface area contributed by atoms with E-state index in [1.165, 1.54) is 12.0 Å². The number of halogens is 1. The smallest absolute Gasteiger partial charge is 0.338 e. The molecule has 3 rings (SSSR count). The van der Waals surface area contributed by atoms with Gasteiger partial charge in [0.2, 0.25) is 5.91 Å². The zero-order valence-electron chi connectivity index (χ0n) is 18.6. The number of methoxy groups -OCH3 is 1. The van der Waals surface area contributed by atoms with E-state index in [0.29, 0.717) is 54.6 Å². The topological polar surface area (TPSA) is 91.4 Å². The molecule has 2 heterocycles. The van der Waals surface area contributed by atoms with Gasteiger partial charge in [0, 0.05) is 57.6 Å². The summed E-state index contributed by atoms with van der Waals surface area (Å²) < 4.78 is 10.3. The number of hydrogen-bond donors (Lipinski definition) is 1. The van der Waals surface area contributed by atoms with Crippen LogP contribution in [0.1, 0.15) is 18.5 Å². The summed E-state index contributed by atoms with van der Waals surface area (Å²) in [5, 5.41) is 3.33. The van der Waals surface area contributed by atoms with Crippen LogP contribution in [0.2, 0.25) is 5.02 Å². The molecule has 0 saturated carbocycles. The molecule has 0 radical (unpaired) electrons. The highest BCUT2D eigenvalue weighted by atomic mass is 35.5. The predicted octanol–water partition coefficient (Wildman–Crippen LogP) is 1.64. The number of piperazine rings is 1. The van der Waals surface area contributed by atoms with Crippen molar-refractivity contribution in [1.29, 1.82) is 0 Å². The highest BCUT2D eigenvalue weighted by Gasteiger charge is 2.38. The van der Waals surface area contributed by atoms with Crippen LogP contribution in [-0.4, -0.2) is 92.7 Å². The number of rotatable bonds is 7. The van der Waals surface area contributed by atoms with Crippen LogP contribution in [0.3, 0.4) is 0 Å². The number of benzene rings is 1. The Hall–Kier alpha value is -2.62. The van der Waals surface area contributed by atoms with Crippen molar-refractivity contribution in [2.75, 3.05) is 60.1 Å². The number of carbonyl (C=O) groups excluding carboxylic acids is 3. The zero-order valence-corrected chi connectivity index (χ0v) is 19.4. The van der Waals surface area contributed by atoms with Crippen LogP contribution in [0, 0.1) is 0 Å². The lowest BCUT2D eigenvalue weighted by Gasteiger charge is -2.39. The van der Waals surface area contributed by atoms with Crippen LogP contribution < -0.4 is 5.32 Å². The largest absolute Gasteiger partial charge is 0.463 e. The van der Waals surface area contributed by atoms with Crippen LogP contribution in [0.15, 0.2) is 35.5 Å². The molecular formula is C22H29ClN4O5. The summed E-state index contributed by atoms with van der Waals surface area (Å²) in [5.41, 5.74) is 1.56. The Balaban J connectivity index is 1.90. The lowest BCUT2D eigenvalue weighted by Crippen LogP contribution is -2.53. The van der Waals surface area contributed by atoms with Crippen LogP contribution in [0.25, 0.3) is 0 Å². The number of carbonyl (C=O) groups is 3. The average Bonchev–Trinajstić information content (AvgIpc) is 2.78. The molecule has 0 aromatic heterocycles. The predicted molar refractivity (Wildman–Crippen MR) is 119 cm³/mol. The molecule has 10 heteroatoms. The Labute approximate surface area is 192 Å². The van der Waals surface area contributed by atoms with E-state index in [0.717, 1.165) is 0 Å². The fraction of sp³-hybridized carbons (Fsp3) is 0.500. The molecule has 0 bridgehead atoms. The fourth-order valence-electron chi connectivity index (χ4n) is 3.92. The summed E-state index contributed by atoms with van der Waals surface area (Å²) >= 11 is 6.40. The van der Waals surface area contributed by atoms with E-state index >= 15 is 0 Å². The monoisotopic (exact) mass is 464 g/mol. The van der Waals surface area contributed by atoms with Gasteiger partial charge in [-0.1, -0.05) is 29.8 Å². The van der Waals surface area contributed by atoms with E-state index in [1.807, 2.05) is 6.07 Å². The van der Waals surface area contributed by atoms with Gasteiger partial charge in [0.25, 0.3) is 0 Å². The minimum absolute atomic E-state index is 0.0495. The van der Waals surface area contributed by atoms with E-state index in [-0.39, 0.29) is 25.2 Å². The Kier molecular flexibility index (Phi) is 8.11. The molecule has 32 heavy (non-hydrogen) atoms. The molecule has 3 amide bonds. The molecule has 9 nitrogen and oxygen atoms in total. The van der Waals surface area contributed by atoms with Crippen molar-refractivity contribution >= 4 is 29.5 Å². The molecule has 0 aliphatic carbocycles. The van der Waals surface area contributed by atoms with Crippen LogP contribution in [-0.2, 0) is 19.1 Å². The van der Waals surface area contributed by atoms with E-state index in [4.69, 9.17) is 21.1 Å². The SMILES string of the molecule is CCOC(=O)C1=C(CN2CCN(C(=O)COC)CC2)N(C)C(=O)NC1c1ccccc1Cl. The van der Waals surface area contributed by atoms with Crippen molar-refractivity contribution in [3.8, 4) is 0 Å². The molecule has 0 spiro atoms.